The van der Waals surface area contributed by atoms with Crippen LogP contribution in [0.1, 0.15) is 13.3 Å². The summed E-state index contributed by atoms with van der Waals surface area (Å²) in [5.74, 6) is 0. The first-order valence-corrected chi connectivity index (χ1v) is 4.62. The summed E-state index contributed by atoms with van der Waals surface area (Å²) in [5, 5.41) is 0. The SMILES string of the molecule is COC(C)C1=[C]([Zr+2])CC=C1.[Cl-].[Cl-]. The van der Waals surface area contributed by atoms with Crippen LogP contribution in [0.3, 0.4) is 0 Å². The van der Waals surface area contributed by atoms with E-state index in [0.717, 1.165) is 6.42 Å². The Morgan fingerprint density at radius 1 is 1.50 bits per heavy atom. The summed E-state index contributed by atoms with van der Waals surface area (Å²) < 4.78 is 6.74. The largest absolute Gasteiger partial charge is 1.00 e. The Labute approximate surface area is 101 Å². The van der Waals surface area contributed by atoms with Gasteiger partial charge in [0.05, 0.1) is 0 Å². The molecule has 1 nitrogen and oxygen atoms in total. The molecule has 0 N–H and O–H groups in total. The van der Waals surface area contributed by atoms with Gasteiger partial charge in [0.2, 0.25) is 0 Å². The minimum Gasteiger partial charge on any atom is -1.00 e. The first-order chi connectivity index (χ1) is 4.75. The Hall–Kier alpha value is 0.903. The van der Waals surface area contributed by atoms with Crippen molar-refractivity contribution in [2.75, 3.05) is 7.11 Å². The number of ether oxygens (including phenoxy) is 1. The first-order valence-electron chi connectivity index (χ1n) is 3.39. The van der Waals surface area contributed by atoms with Crippen molar-refractivity contribution in [3.63, 3.8) is 0 Å². The fraction of sp³-hybridized carbons (Fsp3) is 0.500. The zero-order valence-corrected chi connectivity index (χ0v) is 11.1. The molecule has 0 fully saturated rings. The van der Waals surface area contributed by atoms with E-state index in [9.17, 15) is 0 Å². The van der Waals surface area contributed by atoms with Crippen molar-refractivity contribution < 1.29 is 54.3 Å². The van der Waals surface area contributed by atoms with Crippen molar-refractivity contribution in [1.29, 1.82) is 0 Å². The van der Waals surface area contributed by atoms with Crippen molar-refractivity contribution in [3.05, 3.63) is 21.0 Å². The summed E-state index contributed by atoms with van der Waals surface area (Å²) >= 11 is 1.52. The van der Waals surface area contributed by atoms with Crippen LogP contribution in [0.5, 0.6) is 0 Å². The number of halogens is 2. The van der Waals surface area contributed by atoms with Crippen LogP contribution in [-0.4, -0.2) is 13.2 Å². The van der Waals surface area contributed by atoms with E-state index < -0.39 is 0 Å². The van der Waals surface area contributed by atoms with Gasteiger partial charge in [-0.25, -0.2) is 0 Å². The van der Waals surface area contributed by atoms with E-state index in [1.807, 2.05) is 0 Å². The third-order valence-corrected chi connectivity index (χ3v) is 2.97. The van der Waals surface area contributed by atoms with Gasteiger partial charge >= 0.3 is 77.0 Å². The van der Waals surface area contributed by atoms with E-state index in [1.165, 1.54) is 33.6 Å². The summed E-state index contributed by atoms with van der Waals surface area (Å²) in [5.41, 5.74) is 1.39. The van der Waals surface area contributed by atoms with E-state index in [0.29, 0.717) is 0 Å². The zero-order valence-electron chi connectivity index (χ0n) is 7.10. The van der Waals surface area contributed by atoms with E-state index in [2.05, 4.69) is 19.1 Å². The topological polar surface area (TPSA) is 9.23 Å². The third kappa shape index (κ3) is 3.74. The number of allylic oxidation sites excluding steroid dienone is 2. The molecule has 4 heteroatoms. The van der Waals surface area contributed by atoms with Gasteiger partial charge in [0.1, 0.15) is 0 Å². The molecule has 1 atom stereocenters. The summed E-state index contributed by atoms with van der Waals surface area (Å²) in [6, 6.07) is 0. The van der Waals surface area contributed by atoms with Crippen LogP contribution in [0.15, 0.2) is 21.0 Å². The Balaban J connectivity index is 0. The normalized spacial score (nSPS) is 17.0. The van der Waals surface area contributed by atoms with Gasteiger partial charge in [-0.3, -0.25) is 0 Å². The Bertz CT molecular complexity index is 189. The summed E-state index contributed by atoms with van der Waals surface area (Å²) in [7, 11) is 1.76. The molecule has 12 heavy (non-hydrogen) atoms. The quantitative estimate of drug-likeness (QED) is 0.500. The van der Waals surface area contributed by atoms with Crippen LogP contribution in [0.4, 0.5) is 0 Å². The van der Waals surface area contributed by atoms with Crippen LogP contribution in [-0.2, 0) is 29.5 Å². The average Bonchev–Trinajstić information content (AvgIpc) is 2.34. The molecule has 0 amide bonds. The number of methoxy groups -OCH3 is 1. The van der Waals surface area contributed by atoms with E-state index in [-0.39, 0.29) is 30.9 Å². The smallest absolute Gasteiger partial charge is 1.00 e. The molecule has 0 aromatic rings. The molecule has 1 unspecified atom stereocenters. The summed E-state index contributed by atoms with van der Waals surface area (Å²) in [6.07, 6.45) is 5.81. The molecule has 1 aliphatic rings. The molecular formula is C8H11Cl2OZr. The minimum absolute atomic E-state index is 0. The van der Waals surface area contributed by atoms with Gasteiger partial charge in [-0.1, -0.05) is 0 Å². The van der Waals surface area contributed by atoms with Crippen molar-refractivity contribution in [2.45, 2.75) is 19.4 Å². The molecule has 0 bridgehead atoms. The molecule has 0 aromatic heterocycles. The van der Waals surface area contributed by atoms with Crippen molar-refractivity contribution in [2.24, 2.45) is 0 Å². The minimum atomic E-state index is 0. The maximum atomic E-state index is 5.21. The van der Waals surface area contributed by atoms with Crippen molar-refractivity contribution >= 4 is 0 Å². The molecule has 0 saturated heterocycles. The number of hydrogen-bond donors (Lipinski definition) is 0. The number of hydrogen-bond acceptors (Lipinski definition) is 1. The first kappa shape index (κ1) is 15.4. The van der Waals surface area contributed by atoms with Gasteiger partial charge in [0, 0.05) is 0 Å². The Morgan fingerprint density at radius 3 is 2.42 bits per heavy atom. The van der Waals surface area contributed by atoms with Crippen LogP contribution >= 0.6 is 0 Å². The standard InChI is InChI=1S/C8H11O.2ClH.Zr/c1-7(9-2)8-5-3-4-6-8;;;/h3,5,7H,4H2,1-2H3;2*1H;/q;;;+2/p-2. The fourth-order valence-corrected chi connectivity index (χ4v) is 2.02. The van der Waals surface area contributed by atoms with Crippen molar-refractivity contribution in [1.82, 2.24) is 0 Å². The molecule has 67 valence electrons. The van der Waals surface area contributed by atoms with Gasteiger partial charge in [0.25, 0.3) is 0 Å². The second kappa shape index (κ2) is 7.32. The van der Waals surface area contributed by atoms with Crippen LogP contribution in [0.25, 0.3) is 0 Å². The monoisotopic (exact) mass is 283 g/mol. The molecule has 1 aliphatic carbocycles. The maximum Gasteiger partial charge on any atom is -1.00 e. The molecule has 0 radical (unpaired) electrons. The molecule has 1 rings (SSSR count). The van der Waals surface area contributed by atoms with Gasteiger partial charge in [-0.05, 0) is 0 Å². The molecule has 0 heterocycles. The maximum absolute atomic E-state index is 5.21. The predicted octanol–water partition coefficient (Wildman–Crippen LogP) is -4.21. The van der Waals surface area contributed by atoms with Crippen LogP contribution < -0.4 is 24.8 Å². The Morgan fingerprint density at radius 2 is 2.08 bits per heavy atom. The summed E-state index contributed by atoms with van der Waals surface area (Å²) in [6.45, 7) is 2.09. The van der Waals surface area contributed by atoms with E-state index in [1.54, 1.807) is 7.11 Å². The van der Waals surface area contributed by atoms with Crippen molar-refractivity contribution in [3.8, 4) is 0 Å². The predicted molar refractivity (Wildman–Crippen MR) is 37.3 cm³/mol. The second-order valence-corrected chi connectivity index (χ2v) is 3.90. The van der Waals surface area contributed by atoms with E-state index >= 15 is 0 Å². The average molecular weight is 285 g/mol. The molecular weight excluding hydrogens is 274 g/mol. The van der Waals surface area contributed by atoms with Gasteiger partial charge < -0.3 is 24.8 Å². The van der Waals surface area contributed by atoms with E-state index in [4.69, 9.17) is 4.74 Å². The molecule has 0 spiro atoms. The second-order valence-electron chi connectivity index (χ2n) is 2.42. The van der Waals surface area contributed by atoms with Gasteiger partial charge in [0.15, 0.2) is 0 Å². The van der Waals surface area contributed by atoms with Crippen LogP contribution in [0, 0.1) is 0 Å². The third-order valence-electron chi connectivity index (χ3n) is 1.76. The Kier molecular flexibility index (Phi) is 9.38. The fourth-order valence-electron chi connectivity index (χ4n) is 1.03. The number of rotatable bonds is 2. The van der Waals surface area contributed by atoms with Gasteiger partial charge in [-0.2, -0.15) is 0 Å². The molecule has 0 aromatic carbocycles. The van der Waals surface area contributed by atoms with Crippen LogP contribution in [0.2, 0.25) is 0 Å². The molecule has 0 aliphatic heterocycles. The zero-order chi connectivity index (χ0) is 7.56. The molecule has 0 saturated carbocycles. The summed E-state index contributed by atoms with van der Waals surface area (Å²) in [4.78, 5) is 0. The van der Waals surface area contributed by atoms with Gasteiger partial charge in [-0.15, -0.1) is 0 Å².